The van der Waals surface area contributed by atoms with Crippen molar-refractivity contribution in [3.8, 4) is 0 Å². The monoisotopic (exact) mass is 297 g/mol. The van der Waals surface area contributed by atoms with Crippen molar-refractivity contribution >= 4 is 17.8 Å². The molecule has 0 aliphatic heterocycles. The number of amides is 1. The van der Waals surface area contributed by atoms with Crippen molar-refractivity contribution < 1.29 is 9.72 Å². The molecule has 0 spiro atoms. The van der Waals surface area contributed by atoms with Crippen molar-refractivity contribution in [3.63, 3.8) is 0 Å². The molecule has 1 amide bonds. The number of nitrogens with zero attached hydrogens (tertiary/aromatic N) is 2. The van der Waals surface area contributed by atoms with Gasteiger partial charge in [0.25, 0.3) is 11.6 Å². The molecule has 0 heterocycles. The Labute approximate surface area is 127 Å². The van der Waals surface area contributed by atoms with E-state index in [0.717, 1.165) is 6.42 Å². The first-order chi connectivity index (χ1) is 10.7. The van der Waals surface area contributed by atoms with Gasteiger partial charge in [-0.1, -0.05) is 42.5 Å². The number of carbonyl (C=O) groups is 1. The summed E-state index contributed by atoms with van der Waals surface area (Å²) in [6, 6.07) is 15.7. The zero-order valence-corrected chi connectivity index (χ0v) is 11.8. The molecule has 1 N–H and O–H groups in total. The Hall–Kier alpha value is -3.02. The Morgan fingerprint density at radius 2 is 1.82 bits per heavy atom. The van der Waals surface area contributed by atoms with Gasteiger partial charge in [-0.05, 0) is 24.5 Å². The number of hydrazone groups is 1. The van der Waals surface area contributed by atoms with Crippen LogP contribution >= 0.6 is 0 Å². The lowest BCUT2D eigenvalue weighted by Gasteiger charge is -2.01. The maximum Gasteiger partial charge on any atom is 0.282 e. The maximum absolute atomic E-state index is 11.9. The van der Waals surface area contributed by atoms with Gasteiger partial charge >= 0.3 is 0 Å². The molecule has 0 fully saturated rings. The average Bonchev–Trinajstić information content (AvgIpc) is 2.55. The lowest BCUT2D eigenvalue weighted by Crippen LogP contribution is -2.18. The van der Waals surface area contributed by atoms with Gasteiger partial charge in [0, 0.05) is 12.3 Å². The number of carbonyl (C=O) groups excluding carboxylic acids is 1. The second-order valence-corrected chi connectivity index (χ2v) is 4.55. The van der Waals surface area contributed by atoms with E-state index in [-0.39, 0.29) is 11.3 Å². The lowest BCUT2D eigenvalue weighted by molar-refractivity contribution is -0.385. The molecule has 0 aromatic heterocycles. The van der Waals surface area contributed by atoms with Crippen LogP contribution in [0, 0.1) is 10.1 Å². The smallest absolute Gasteiger partial charge is 0.267 e. The van der Waals surface area contributed by atoms with Crippen LogP contribution in [-0.4, -0.2) is 17.0 Å². The number of hydrogen-bond acceptors (Lipinski definition) is 4. The van der Waals surface area contributed by atoms with Crippen LogP contribution in [0.15, 0.2) is 59.7 Å². The summed E-state index contributed by atoms with van der Waals surface area (Å²) in [6.45, 7) is 0. The van der Waals surface area contributed by atoms with Crippen LogP contribution in [-0.2, 0) is 6.42 Å². The summed E-state index contributed by atoms with van der Waals surface area (Å²) in [6.07, 6.45) is 3.06. The third-order valence-electron chi connectivity index (χ3n) is 3.01. The number of aryl methyl sites for hydroxylation is 1. The largest absolute Gasteiger partial charge is 0.282 e. The normalized spacial score (nSPS) is 10.5. The molecular formula is C16H15N3O3. The summed E-state index contributed by atoms with van der Waals surface area (Å²) in [5.41, 5.74) is 3.24. The first-order valence-electron chi connectivity index (χ1n) is 6.77. The molecule has 0 aliphatic carbocycles. The van der Waals surface area contributed by atoms with E-state index in [2.05, 4.69) is 10.5 Å². The summed E-state index contributed by atoms with van der Waals surface area (Å²) in [7, 11) is 0. The van der Waals surface area contributed by atoms with Crippen LogP contribution in [0.1, 0.15) is 22.3 Å². The number of nitro benzene ring substituents is 1. The number of benzene rings is 2. The molecule has 0 saturated carbocycles. The van der Waals surface area contributed by atoms with E-state index in [9.17, 15) is 14.9 Å². The zero-order valence-electron chi connectivity index (χ0n) is 11.8. The lowest BCUT2D eigenvalue weighted by atomic mass is 10.1. The van der Waals surface area contributed by atoms with E-state index in [0.29, 0.717) is 6.42 Å². The van der Waals surface area contributed by atoms with Gasteiger partial charge in [0.1, 0.15) is 5.56 Å². The number of nitro groups is 1. The van der Waals surface area contributed by atoms with Gasteiger partial charge in [-0.3, -0.25) is 14.9 Å². The Morgan fingerprint density at radius 1 is 1.14 bits per heavy atom. The summed E-state index contributed by atoms with van der Waals surface area (Å²) in [5, 5.41) is 14.7. The minimum absolute atomic E-state index is 0.00675. The Morgan fingerprint density at radius 3 is 2.55 bits per heavy atom. The quantitative estimate of drug-likeness (QED) is 0.505. The van der Waals surface area contributed by atoms with Crippen LogP contribution in [0.5, 0.6) is 0 Å². The van der Waals surface area contributed by atoms with Crippen LogP contribution in [0.4, 0.5) is 5.69 Å². The fourth-order valence-corrected chi connectivity index (χ4v) is 1.93. The molecule has 6 nitrogen and oxygen atoms in total. The molecule has 22 heavy (non-hydrogen) atoms. The summed E-state index contributed by atoms with van der Waals surface area (Å²) >= 11 is 0. The predicted octanol–water partition coefficient (Wildman–Crippen LogP) is 2.94. The van der Waals surface area contributed by atoms with Gasteiger partial charge in [-0.2, -0.15) is 5.10 Å². The first-order valence-corrected chi connectivity index (χ1v) is 6.77. The topological polar surface area (TPSA) is 84.6 Å². The fourth-order valence-electron chi connectivity index (χ4n) is 1.93. The number of rotatable bonds is 6. The molecule has 0 atom stereocenters. The van der Waals surface area contributed by atoms with E-state index in [1.165, 1.54) is 23.8 Å². The third kappa shape index (κ3) is 4.24. The highest BCUT2D eigenvalue weighted by molar-refractivity contribution is 5.98. The standard InChI is InChI=1S/C16H15N3O3/c20-16(14-10-4-5-11-15(14)19(21)22)18-17-12-6-9-13-7-2-1-3-8-13/h1-5,7-8,10-12H,6,9H2,(H,18,20)/b17-12-. The van der Waals surface area contributed by atoms with E-state index in [1.54, 1.807) is 12.3 Å². The predicted molar refractivity (Wildman–Crippen MR) is 83.8 cm³/mol. The molecule has 0 bridgehead atoms. The minimum Gasteiger partial charge on any atom is -0.267 e. The number of para-hydroxylation sites is 1. The summed E-state index contributed by atoms with van der Waals surface area (Å²) < 4.78 is 0. The second-order valence-electron chi connectivity index (χ2n) is 4.55. The molecule has 2 aromatic carbocycles. The molecule has 2 rings (SSSR count). The van der Waals surface area contributed by atoms with Crippen molar-refractivity contribution in [1.29, 1.82) is 0 Å². The maximum atomic E-state index is 11.9. The van der Waals surface area contributed by atoms with Gasteiger partial charge in [0.2, 0.25) is 0 Å². The van der Waals surface area contributed by atoms with Crippen LogP contribution in [0.25, 0.3) is 0 Å². The van der Waals surface area contributed by atoms with Gasteiger partial charge in [-0.25, -0.2) is 5.43 Å². The van der Waals surface area contributed by atoms with Gasteiger partial charge in [0.15, 0.2) is 0 Å². The average molecular weight is 297 g/mol. The Balaban J connectivity index is 1.88. The van der Waals surface area contributed by atoms with Crippen LogP contribution < -0.4 is 5.43 Å². The SMILES string of the molecule is O=C(N/N=C\CCc1ccccc1)c1ccccc1[N+](=O)[O-]. The van der Waals surface area contributed by atoms with Crippen LogP contribution in [0.3, 0.4) is 0 Å². The van der Waals surface area contributed by atoms with E-state index in [4.69, 9.17) is 0 Å². The number of nitrogens with one attached hydrogen (secondary N) is 1. The van der Waals surface area contributed by atoms with E-state index < -0.39 is 10.8 Å². The van der Waals surface area contributed by atoms with Gasteiger partial charge < -0.3 is 0 Å². The Bertz CT molecular complexity index is 684. The number of hydrogen-bond donors (Lipinski definition) is 1. The summed E-state index contributed by atoms with van der Waals surface area (Å²) in [5.74, 6) is -0.594. The Kier molecular flexibility index (Phi) is 5.37. The molecule has 112 valence electrons. The van der Waals surface area contributed by atoms with E-state index in [1.807, 2.05) is 30.3 Å². The highest BCUT2D eigenvalue weighted by Crippen LogP contribution is 2.17. The first kappa shape index (κ1) is 15.4. The molecule has 2 aromatic rings. The van der Waals surface area contributed by atoms with E-state index >= 15 is 0 Å². The molecule has 0 unspecified atom stereocenters. The molecule has 0 saturated heterocycles. The fraction of sp³-hybridized carbons (Fsp3) is 0.125. The highest BCUT2D eigenvalue weighted by atomic mass is 16.6. The zero-order chi connectivity index (χ0) is 15.8. The van der Waals surface area contributed by atoms with Crippen molar-refractivity contribution in [2.45, 2.75) is 12.8 Å². The molecule has 0 aliphatic rings. The minimum atomic E-state index is -0.594. The van der Waals surface area contributed by atoms with Crippen molar-refractivity contribution in [2.24, 2.45) is 5.10 Å². The van der Waals surface area contributed by atoms with Crippen molar-refractivity contribution in [1.82, 2.24) is 5.43 Å². The van der Waals surface area contributed by atoms with Gasteiger partial charge in [-0.15, -0.1) is 0 Å². The van der Waals surface area contributed by atoms with Crippen LogP contribution in [0.2, 0.25) is 0 Å². The molecular weight excluding hydrogens is 282 g/mol. The summed E-state index contributed by atoms with van der Waals surface area (Å²) in [4.78, 5) is 22.1. The van der Waals surface area contributed by atoms with Gasteiger partial charge in [0.05, 0.1) is 4.92 Å². The van der Waals surface area contributed by atoms with Crippen molar-refractivity contribution in [2.75, 3.05) is 0 Å². The second kappa shape index (κ2) is 7.68. The molecule has 6 heteroatoms. The molecule has 0 radical (unpaired) electrons. The van der Waals surface area contributed by atoms with Crippen molar-refractivity contribution in [3.05, 3.63) is 75.8 Å². The third-order valence-corrected chi connectivity index (χ3v) is 3.01. The highest BCUT2D eigenvalue weighted by Gasteiger charge is 2.18.